The lowest BCUT2D eigenvalue weighted by Gasteiger charge is -2.41. The molecule has 1 aliphatic heterocycles. The molecule has 1 aliphatic rings. The molecule has 1 heterocycles. The average molecular weight is 750 g/mol. The van der Waals surface area contributed by atoms with Crippen LogP contribution in [0.4, 0.5) is 4.39 Å². The summed E-state index contributed by atoms with van der Waals surface area (Å²) in [5.74, 6) is -4.05. The van der Waals surface area contributed by atoms with Crippen molar-refractivity contribution in [3.63, 3.8) is 0 Å². The zero-order valence-corrected chi connectivity index (χ0v) is 33.5. The number of nitrogens with one attached hydrogen (secondary N) is 3. The number of halogens is 1. The number of aliphatic carboxylic acids is 1. The minimum absolute atomic E-state index is 0.0105. The molecule has 300 valence electrons. The molecule has 13 nitrogen and oxygen atoms in total. The summed E-state index contributed by atoms with van der Waals surface area (Å²) in [5, 5.41) is 18.4. The van der Waals surface area contributed by atoms with Gasteiger partial charge in [0.05, 0.1) is 42.7 Å². The minimum atomic E-state index is -1.25. The number of amides is 4. The van der Waals surface area contributed by atoms with Crippen LogP contribution >= 0.6 is 0 Å². The molecule has 2 rings (SSSR count). The summed E-state index contributed by atoms with van der Waals surface area (Å²) < 4.78 is 25.2. The van der Waals surface area contributed by atoms with Crippen LogP contribution in [0, 0.1) is 29.5 Å². The first kappa shape index (κ1) is 45.5. The van der Waals surface area contributed by atoms with Crippen molar-refractivity contribution in [2.45, 2.75) is 123 Å². The largest absolute Gasteiger partial charge is 0.480 e. The molecule has 0 saturated carbocycles. The van der Waals surface area contributed by atoms with Crippen molar-refractivity contribution < 1.29 is 42.9 Å². The summed E-state index contributed by atoms with van der Waals surface area (Å²) in [7, 11) is 6.38. The van der Waals surface area contributed by atoms with Crippen molar-refractivity contribution >= 4 is 29.6 Å². The van der Waals surface area contributed by atoms with Gasteiger partial charge in [0.1, 0.15) is 17.9 Å². The van der Waals surface area contributed by atoms with Crippen molar-refractivity contribution in [2.24, 2.45) is 23.7 Å². The zero-order valence-electron chi connectivity index (χ0n) is 33.5. The number of carboxylic acids is 1. The summed E-state index contributed by atoms with van der Waals surface area (Å²) in [6.45, 7) is 13.7. The molecule has 0 aromatic heterocycles. The van der Waals surface area contributed by atoms with Gasteiger partial charge in [-0.1, -0.05) is 67.0 Å². The van der Waals surface area contributed by atoms with E-state index >= 15 is 0 Å². The molecule has 1 aromatic rings. The molecule has 0 radical (unpaired) electrons. The Balaban J connectivity index is 2.26. The SMILES string of the molecule is CC[C@H](C)[C@@H](C(CC(=O)N1CCC[C@H]1[C@H](OC)[C@@H](C)C(=O)NC(Cc1ccc(F)cc1)C(=O)O)OC)N(C)C(=O)[C@@H](NC(=O)[C@@H](NC)C(C)C)C(C)C. The van der Waals surface area contributed by atoms with Gasteiger partial charge < -0.3 is 40.3 Å². The first-order chi connectivity index (χ1) is 24.9. The number of ether oxygens (including phenoxy) is 2. The Labute approximate surface area is 315 Å². The van der Waals surface area contributed by atoms with Crippen LogP contribution < -0.4 is 16.0 Å². The second kappa shape index (κ2) is 21.3. The van der Waals surface area contributed by atoms with E-state index in [0.29, 0.717) is 31.4 Å². The topological polar surface area (TPSA) is 167 Å². The molecule has 4 N–H and O–H groups in total. The van der Waals surface area contributed by atoms with Crippen LogP contribution in [0.2, 0.25) is 0 Å². The van der Waals surface area contributed by atoms with Crippen molar-refractivity contribution in [1.29, 1.82) is 0 Å². The Hall–Kier alpha value is -3.62. The van der Waals surface area contributed by atoms with E-state index in [1.54, 1.807) is 30.8 Å². The van der Waals surface area contributed by atoms with E-state index in [9.17, 15) is 33.5 Å². The highest BCUT2D eigenvalue weighted by atomic mass is 19.1. The molecule has 0 spiro atoms. The summed E-state index contributed by atoms with van der Waals surface area (Å²) >= 11 is 0. The van der Waals surface area contributed by atoms with Crippen LogP contribution in [0.15, 0.2) is 24.3 Å². The van der Waals surface area contributed by atoms with Gasteiger partial charge in [0, 0.05) is 34.2 Å². The number of hydrogen-bond acceptors (Lipinski definition) is 8. The third-order valence-electron chi connectivity index (χ3n) is 10.7. The smallest absolute Gasteiger partial charge is 0.326 e. The third kappa shape index (κ3) is 12.2. The van der Waals surface area contributed by atoms with Crippen molar-refractivity contribution in [3.8, 4) is 0 Å². The van der Waals surface area contributed by atoms with Gasteiger partial charge in [-0.2, -0.15) is 0 Å². The summed E-state index contributed by atoms with van der Waals surface area (Å²) in [6.07, 6.45) is 0.463. The standard InChI is InChI=1S/C39H64FN5O8/c1-12-24(6)34(44(9)38(49)33(23(4)5)43-37(48)32(41-8)22(2)3)30(52-10)21-31(46)45-19-13-14-29(45)35(53-11)25(7)36(47)42-28(39(50)51)20-26-15-17-27(40)18-16-26/h15-18,22-25,28-30,32-35,41H,12-14,19-21H2,1-11H3,(H,42,47)(H,43,48)(H,50,51)/t24-,25+,28?,29-,30?,32-,33-,34-,35+/m0/s1. The first-order valence-electron chi connectivity index (χ1n) is 18.8. The predicted octanol–water partition coefficient (Wildman–Crippen LogP) is 3.24. The highest BCUT2D eigenvalue weighted by Gasteiger charge is 2.43. The van der Waals surface area contributed by atoms with Crippen LogP contribution in [0.3, 0.4) is 0 Å². The number of likely N-dealkylation sites (tertiary alicyclic amines) is 1. The Kier molecular flexibility index (Phi) is 18.3. The van der Waals surface area contributed by atoms with E-state index < -0.39 is 66.0 Å². The lowest BCUT2D eigenvalue weighted by molar-refractivity contribution is -0.148. The van der Waals surface area contributed by atoms with Gasteiger partial charge in [-0.05, 0) is 55.3 Å². The Morgan fingerprint density at radius 3 is 2.04 bits per heavy atom. The van der Waals surface area contributed by atoms with Gasteiger partial charge in [-0.3, -0.25) is 19.2 Å². The molecular weight excluding hydrogens is 685 g/mol. The van der Waals surface area contributed by atoms with Gasteiger partial charge in [0.2, 0.25) is 23.6 Å². The number of carbonyl (C=O) groups excluding carboxylic acids is 4. The number of methoxy groups -OCH3 is 2. The van der Waals surface area contributed by atoms with E-state index in [1.807, 2.05) is 41.5 Å². The van der Waals surface area contributed by atoms with E-state index in [4.69, 9.17) is 9.47 Å². The van der Waals surface area contributed by atoms with Crippen LogP contribution in [0.5, 0.6) is 0 Å². The number of likely N-dealkylation sites (N-methyl/N-ethyl adjacent to an activating group) is 2. The molecule has 9 atom stereocenters. The normalized spacial score (nSPS) is 19.1. The van der Waals surface area contributed by atoms with Crippen molar-refractivity contribution in [1.82, 2.24) is 25.8 Å². The molecule has 2 unspecified atom stereocenters. The highest BCUT2D eigenvalue weighted by molar-refractivity contribution is 5.90. The number of carbonyl (C=O) groups is 5. The molecule has 1 fully saturated rings. The fraction of sp³-hybridized carbons (Fsp3) is 0.718. The Bertz CT molecular complexity index is 1360. The van der Waals surface area contributed by atoms with E-state index in [-0.39, 0.29) is 48.3 Å². The maximum atomic E-state index is 14.1. The molecular formula is C39H64FN5O8. The molecule has 0 aliphatic carbocycles. The van der Waals surface area contributed by atoms with Gasteiger partial charge in [-0.15, -0.1) is 0 Å². The Morgan fingerprint density at radius 2 is 1.55 bits per heavy atom. The van der Waals surface area contributed by atoms with Crippen molar-refractivity contribution in [2.75, 3.05) is 34.9 Å². The minimum Gasteiger partial charge on any atom is -0.480 e. The first-order valence-corrected chi connectivity index (χ1v) is 18.8. The van der Waals surface area contributed by atoms with Crippen molar-refractivity contribution in [3.05, 3.63) is 35.6 Å². The van der Waals surface area contributed by atoms with Crippen LogP contribution in [0.1, 0.15) is 79.7 Å². The number of nitrogens with zero attached hydrogens (tertiary/aromatic N) is 2. The summed E-state index contributed by atoms with van der Waals surface area (Å²) in [4.78, 5) is 70.2. The number of benzene rings is 1. The monoisotopic (exact) mass is 749 g/mol. The van der Waals surface area contributed by atoms with E-state index in [0.717, 1.165) is 0 Å². The molecule has 1 saturated heterocycles. The molecule has 14 heteroatoms. The predicted molar refractivity (Wildman–Crippen MR) is 200 cm³/mol. The fourth-order valence-electron chi connectivity index (χ4n) is 7.41. The molecule has 0 bridgehead atoms. The highest BCUT2D eigenvalue weighted by Crippen LogP contribution is 2.30. The van der Waals surface area contributed by atoms with Gasteiger partial charge in [0.25, 0.3) is 0 Å². The summed E-state index contributed by atoms with van der Waals surface area (Å²) in [6, 6.07) is 1.93. The quantitative estimate of drug-likeness (QED) is 0.148. The second-order valence-electron chi connectivity index (χ2n) is 15.1. The second-order valence-corrected chi connectivity index (χ2v) is 15.1. The molecule has 4 amide bonds. The van der Waals surface area contributed by atoms with E-state index in [1.165, 1.54) is 38.5 Å². The molecule has 1 aromatic carbocycles. The average Bonchev–Trinajstić information content (AvgIpc) is 3.60. The maximum Gasteiger partial charge on any atom is 0.326 e. The maximum absolute atomic E-state index is 14.1. The number of carboxylic acid groups (broad SMARTS) is 1. The fourth-order valence-corrected chi connectivity index (χ4v) is 7.41. The lowest BCUT2D eigenvalue weighted by atomic mass is 9.89. The number of rotatable bonds is 21. The Morgan fingerprint density at radius 1 is 0.943 bits per heavy atom. The van der Waals surface area contributed by atoms with Gasteiger partial charge in [-0.25, -0.2) is 9.18 Å². The number of hydrogen-bond donors (Lipinski definition) is 4. The van der Waals surface area contributed by atoms with Gasteiger partial charge in [0.15, 0.2) is 0 Å². The molecule has 53 heavy (non-hydrogen) atoms. The van der Waals surface area contributed by atoms with E-state index in [2.05, 4.69) is 16.0 Å². The van der Waals surface area contributed by atoms with Gasteiger partial charge >= 0.3 is 5.97 Å². The third-order valence-corrected chi connectivity index (χ3v) is 10.7. The zero-order chi connectivity index (χ0) is 40.2. The summed E-state index contributed by atoms with van der Waals surface area (Å²) in [5.41, 5.74) is 0.552. The van der Waals surface area contributed by atoms with Crippen LogP contribution in [-0.2, 0) is 39.9 Å². The lowest BCUT2D eigenvalue weighted by Crippen LogP contribution is -2.59. The van der Waals surface area contributed by atoms with Crippen LogP contribution in [-0.4, -0.2) is 122 Å². The van der Waals surface area contributed by atoms with Crippen LogP contribution in [0.25, 0.3) is 0 Å².